The first-order valence-corrected chi connectivity index (χ1v) is 9.00. The molecule has 0 fully saturated rings. The molecule has 6 heteroatoms. The molecule has 2 aromatic rings. The van der Waals surface area contributed by atoms with E-state index in [1.54, 1.807) is 6.07 Å². The van der Waals surface area contributed by atoms with E-state index in [4.69, 9.17) is 33.9 Å². The van der Waals surface area contributed by atoms with Gasteiger partial charge >= 0.3 is 0 Å². The van der Waals surface area contributed by atoms with Crippen LogP contribution in [0.25, 0.3) is 6.08 Å². The topological polar surface area (TPSA) is 58.7 Å². The molecule has 0 bridgehead atoms. The standard InChI is InChI=1S/C20H19Cl2N3O/c1-25-9-8-24-18(6-3-13-2-5-16(21)17(22)11-13)15-10-14(12-20(23)26)4-7-19(15)25/h2-7,10-11H,8-9,12H2,1H3,(H2,23,26)/b6-3+. The molecule has 0 spiro atoms. The van der Waals surface area contributed by atoms with Crippen molar-refractivity contribution in [1.82, 2.24) is 0 Å². The van der Waals surface area contributed by atoms with Gasteiger partial charge in [0.1, 0.15) is 0 Å². The van der Waals surface area contributed by atoms with Crippen LogP contribution in [0, 0.1) is 0 Å². The molecule has 1 heterocycles. The van der Waals surface area contributed by atoms with E-state index in [0.29, 0.717) is 16.6 Å². The zero-order valence-electron chi connectivity index (χ0n) is 14.4. The van der Waals surface area contributed by atoms with Gasteiger partial charge in [-0.1, -0.05) is 41.4 Å². The fraction of sp³-hybridized carbons (Fsp3) is 0.200. The third-order valence-corrected chi connectivity index (χ3v) is 4.96. The van der Waals surface area contributed by atoms with Crippen molar-refractivity contribution in [2.24, 2.45) is 10.7 Å². The molecular formula is C20H19Cl2N3O. The lowest BCUT2D eigenvalue weighted by Gasteiger charge is -2.19. The Labute approximate surface area is 162 Å². The first-order chi connectivity index (χ1) is 12.4. The van der Waals surface area contributed by atoms with Crippen molar-refractivity contribution in [3.05, 3.63) is 69.2 Å². The van der Waals surface area contributed by atoms with E-state index in [-0.39, 0.29) is 12.3 Å². The lowest BCUT2D eigenvalue weighted by Crippen LogP contribution is -2.20. The molecule has 0 aromatic heterocycles. The second-order valence-electron chi connectivity index (χ2n) is 6.19. The summed E-state index contributed by atoms with van der Waals surface area (Å²) in [6.45, 7) is 1.52. The molecule has 1 amide bonds. The van der Waals surface area contributed by atoms with Crippen LogP contribution in [0.15, 0.2) is 47.5 Å². The normalized spacial score (nSPS) is 14.1. The molecule has 134 valence electrons. The lowest BCUT2D eigenvalue weighted by atomic mass is 10.0. The van der Waals surface area contributed by atoms with Crippen LogP contribution in [0.4, 0.5) is 5.69 Å². The number of nitrogens with two attached hydrogens (primary N) is 1. The van der Waals surface area contributed by atoms with Crippen molar-refractivity contribution in [2.45, 2.75) is 6.42 Å². The number of anilines is 1. The zero-order valence-corrected chi connectivity index (χ0v) is 15.9. The Morgan fingerprint density at radius 3 is 2.73 bits per heavy atom. The van der Waals surface area contributed by atoms with Crippen molar-refractivity contribution in [3.8, 4) is 0 Å². The number of primary amides is 1. The van der Waals surface area contributed by atoms with Crippen LogP contribution in [-0.4, -0.2) is 31.8 Å². The first kappa shape index (κ1) is 18.5. The van der Waals surface area contributed by atoms with Crippen LogP contribution in [0.3, 0.4) is 0 Å². The van der Waals surface area contributed by atoms with Crippen LogP contribution >= 0.6 is 23.2 Å². The Morgan fingerprint density at radius 1 is 1.19 bits per heavy atom. The lowest BCUT2D eigenvalue weighted by molar-refractivity contribution is -0.117. The van der Waals surface area contributed by atoms with Crippen molar-refractivity contribution in [2.75, 3.05) is 25.0 Å². The summed E-state index contributed by atoms with van der Waals surface area (Å²) in [5.74, 6) is -0.350. The Balaban J connectivity index is 1.97. The van der Waals surface area contributed by atoms with E-state index in [1.165, 1.54) is 0 Å². The maximum absolute atomic E-state index is 11.3. The monoisotopic (exact) mass is 387 g/mol. The number of carbonyl (C=O) groups excluding carboxylic acids is 1. The summed E-state index contributed by atoms with van der Waals surface area (Å²) in [6.07, 6.45) is 4.13. The van der Waals surface area contributed by atoms with Gasteiger partial charge in [-0.15, -0.1) is 0 Å². The summed E-state index contributed by atoms with van der Waals surface area (Å²) in [7, 11) is 2.04. The summed E-state index contributed by atoms with van der Waals surface area (Å²) in [5.41, 5.74) is 10.1. The highest BCUT2D eigenvalue weighted by Gasteiger charge is 2.16. The number of rotatable bonds is 4. The summed E-state index contributed by atoms with van der Waals surface area (Å²) in [6, 6.07) is 11.4. The fourth-order valence-corrected chi connectivity index (χ4v) is 3.20. The smallest absolute Gasteiger partial charge is 0.221 e. The van der Waals surface area contributed by atoms with Crippen LogP contribution in [-0.2, 0) is 11.2 Å². The molecule has 0 radical (unpaired) electrons. The highest BCUT2D eigenvalue weighted by atomic mass is 35.5. The number of fused-ring (bicyclic) bond motifs is 1. The average molecular weight is 388 g/mol. The second-order valence-corrected chi connectivity index (χ2v) is 7.00. The third-order valence-electron chi connectivity index (χ3n) is 4.22. The average Bonchev–Trinajstić information content (AvgIpc) is 2.74. The van der Waals surface area contributed by atoms with Gasteiger partial charge in [-0.25, -0.2) is 0 Å². The first-order valence-electron chi connectivity index (χ1n) is 8.24. The van der Waals surface area contributed by atoms with Gasteiger partial charge in [0.2, 0.25) is 5.91 Å². The largest absolute Gasteiger partial charge is 0.372 e. The summed E-state index contributed by atoms with van der Waals surface area (Å²) >= 11 is 12.1. The van der Waals surface area contributed by atoms with Crippen LogP contribution in [0.5, 0.6) is 0 Å². The van der Waals surface area contributed by atoms with E-state index >= 15 is 0 Å². The molecule has 3 rings (SSSR count). The maximum atomic E-state index is 11.3. The molecule has 1 aliphatic heterocycles. The minimum Gasteiger partial charge on any atom is -0.372 e. The molecule has 0 atom stereocenters. The number of benzene rings is 2. The van der Waals surface area contributed by atoms with E-state index in [0.717, 1.165) is 34.6 Å². The quantitative estimate of drug-likeness (QED) is 0.862. The van der Waals surface area contributed by atoms with Crippen molar-refractivity contribution in [1.29, 1.82) is 0 Å². The number of hydrogen-bond acceptors (Lipinski definition) is 3. The number of aliphatic imine (C=N–C) groups is 1. The number of hydrogen-bond donors (Lipinski definition) is 1. The number of allylic oxidation sites excluding steroid dienone is 1. The zero-order chi connectivity index (χ0) is 18.7. The maximum Gasteiger partial charge on any atom is 0.221 e. The van der Waals surface area contributed by atoms with Crippen molar-refractivity contribution in [3.63, 3.8) is 0 Å². The van der Waals surface area contributed by atoms with Gasteiger partial charge in [0.25, 0.3) is 0 Å². The van der Waals surface area contributed by atoms with Crippen molar-refractivity contribution >= 4 is 46.6 Å². The van der Waals surface area contributed by atoms with Gasteiger partial charge in [-0.05, 0) is 41.5 Å². The summed E-state index contributed by atoms with van der Waals surface area (Å²) in [4.78, 5) is 18.1. The third kappa shape index (κ3) is 4.26. The van der Waals surface area contributed by atoms with E-state index in [9.17, 15) is 4.79 Å². The molecule has 4 nitrogen and oxygen atoms in total. The molecule has 0 unspecified atom stereocenters. The number of nitrogens with zero attached hydrogens (tertiary/aromatic N) is 2. The molecule has 0 saturated heterocycles. The molecular weight excluding hydrogens is 369 g/mol. The van der Waals surface area contributed by atoms with Crippen LogP contribution in [0.1, 0.15) is 16.7 Å². The van der Waals surface area contributed by atoms with Gasteiger partial charge in [-0.2, -0.15) is 0 Å². The van der Waals surface area contributed by atoms with E-state index < -0.39 is 0 Å². The number of amides is 1. The predicted octanol–water partition coefficient (Wildman–Crippen LogP) is 3.97. The summed E-state index contributed by atoms with van der Waals surface area (Å²) < 4.78 is 0. The van der Waals surface area contributed by atoms with Crippen molar-refractivity contribution < 1.29 is 4.79 Å². The molecule has 1 aliphatic rings. The Morgan fingerprint density at radius 2 is 2.00 bits per heavy atom. The van der Waals surface area contributed by atoms with E-state index in [1.807, 2.05) is 49.5 Å². The number of benzodiazepines with no additional fused rings is 1. The number of carbonyl (C=O) groups is 1. The van der Waals surface area contributed by atoms with E-state index in [2.05, 4.69) is 4.90 Å². The van der Waals surface area contributed by atoms with Gasteiger partial charge < -0.3 is 10.6 Å². The summed E-state index contributed by atoms with van der Waals surface area (Å²) in [5, 5.41) is 1.04. The highest BCUT2D eigenvalue weighted by Crippen LogP contribution is 2.26. The molecule has 0 saturated carbocycles. The minimum atomic E-state index is -0.350. The predicted molar refractivity (Wildman–Crippen MR) is 110 cm³/mol. The molecule has 26 heavy (non-hydrogen) atoms. The Kier molecular flexibility index (Phi) is 5.64. The van der Waals surface area contributed by atoms with Crippen LogP contribution < -0.4 is 10.6 Å². The highest BCUT2D eigenvalue weighted by molar-refractivity contribution is 6.42. The second kappa shape index (κ2) is 7.94. The Hall–Kier alpha value is -2.30. The van der Waals surface area contributed by atoms with Gasteiger partial charge in [-0.3, -0.25) is 9.79 Å². The van der Waals surface area contributed by atoms with Gasteiger partial charge in [0.05, 0.1) is 28.7 Å². The molecule has 2 N–H and O–H groups in total. The number of likely N-dealkylation sites (N-methyl/N-ethyl adjacent to an activating group) is 1. The Bertz CT molecular complexity index is 906. The van der Waals surface area contributed by atoms with Gasteiger partial charge in [0, 0.05) is 24.8 Å². The molecule has 2 aromatic carbocycles. The molecule has 0 aliphatic carbocycles. The SMILES string of the molecule is CN1CCN=C(/C=C/c2ccc(Cl)c(Cl)c2)c2cc(CC(N)=O)ccc21. The van der Waals surface area contributed by atoms with Gasteiger partial charge in [0.15, 0.2) is 0 Å². The minimum absolute atomic E-state index is 0.209. The fourth-order valence-electron chi connectivity index (χ4n) is 2.89. The number of halogens is 2. The van der Waals surface area contributed by atoms with Crippen LogP contribution in [0.2, 0.25) is 10.0 Å².